The fourth-order valence-electron chi connectivity index (χ4n) is 1.70. The standard InChI is InChI=1S/C11H17ClN2O4S2/c1-9-8-10(12)4-5-11(9)14(20(3,17)18)7-6-13-19(2,15)16/h4-5,8,13H,6-7H2,1-3H3. The first-order valence-corrected chi connectivity index (χ1v) is 9.81. The molecule has 1 N–H and O–H groups in total. The Kier molecular flexibility index (Phi) is 5.42. The number of sulfonamides is 2. The van der Waals surface area contributed by atoms with E-state index in [1.807, 2.05) is 0 Å². The first kappa shape index (κ1) is 17.2. The molecule has 9 heteroatoms. The number of nitrogens with one attached hydrogen (secondary N) is 1. The number of halogens is 1. The number of rotatable bonds is 6. The van der Waals surface area contributed by atoms with Crippen LogP contribution in [0.3, 0.4) is 0 Å². The van der Waals surface area contributed by atoms with Gasteiger partial charge < -0.3 is 0 Å². The summed E-state index contributed by atoms with van der Waals surface area (Å²) in [6.45, 7) is 1.74. The Hall–Kier alpha value is -0.830. The van der Waals surface area contributed by atoms with Crippen LogP contribution in [0.1, 0.15) is 5.56 Å². The molecule has 1 aromatic rings. The number of nitrogens with zero attached hydrogens (tertiary/aromatic N) is 1. The molecule has 0 aliphatic rings. The summed E-state index contributed by atoms with van der Waals surface area (Å²) < 4.78 is 49.1. The molecule has 0 saturated heterocycles. The van der Waals surface area contributed by atoms with Gasteiger partial charge in [-0.25, -0.2) is 21.6 Å². The summed E-state index contributed by atoms with van der Waals surface area (Å²) >= 11 is 5.84. The summed E-state index contributed by atoms with van der Waals surface area (Å²) in [6.07, 6.45) is 2.09. The minimum atomic E-state index is -3.52. The van der Waals surface area contributed by atoms with Gasteiger partial charge in [0.25, 0.3) is 0 Å². The summed E-state index contributed by atoms with van der Waals surface area (Å²) in [4.78, 5) is 0. The second kappa shape index (κ2) is 6.30. The Labute approximate surface area is 124 Å². The lowest BCUT2D eigenvalue weighted by Gasteiger charge is -2.24. The van der Waals surface area contributed by atoms with Gasteiger partial charge in [-0.05, 0) is 30.7 Å². The Bertz CT molecular complexity index is 686. The van der Waals surface area contributed by atoms with Gasteiger partial charge in [-0.1, -0.05) is 11.6 Å². The largest absolute Gasteiger partial charge is 0.269 e. The summed E-state index contributed by atoms with van der Waals surface area (Å²) in [6, 6.07) is 4.84. The van der Waals surface area contributed by atoms with E-state index in [1.54, 1.807) is 25.1 Å². The number of hydrogen-bond donors (Lipinski definition) is 1. The van der Waals surface area contributed by atoms with Gasteiger partial charge in [-0.2, -0.15) is 0 Å². The third-order valence-electron chi connectivity index (χ3n) is 2.51. The molecule has 0 aliphatic heterocycles. The smallest absolute Gasteiger partial charge is 0.232 e. The van der Waals surface area contributed by atoms with E-state index < -0.39 is 20.0 Å². The molecule has 0 unspecified atom stereocenters. The summed E-state index contributed by atoms with van der Waals surface area (Å²) in [5.41, 5.74) is 1.18. The second-order valence-electron chi connectivity index (χ2n) is 4.43. The lowest BCUT2D eigenvalue weighted by molar-refractivity contribution is 0.583. The van der Waals surface area contributed by atoms with Gasteiger partial charge in [-0.15, -0.1) is 0 Å². The first-order valence-electron chi connectivity index (χ1n) is 5.69. The zero-order chi connectivity index (χ0) is 15.6. The summed E-state index contributed by atoms with van der Waals surface area (Å²) in [5.74, 6) is 0. The lowest BCUT2D eigenvalue weighted by atomic mass is 10.2. The predicted octanol–water partition coefficient (Wildman–Crippen LogP) is 0.964. The predicted molar refractivity (Wildman–Crippen MR) is 81.2 cm³/mol. The molecule has 1 rings (SSSR count). The molecule has 0 amide bonds. The van der Waals surface area contributed by atoms with Crippen molar-refractivity contribution in [2.75, 3.05) is 29.9 Å². The topological polar surface area (TPSA) is 83.6 Å². The van der Waals surface area contributed by atoms with Crippen LogP contribution < -0.4 is 9.03 Å². The first-order chi connectivity index (χ1) is 9.00. The number of hydrogen-bond acceptors (Lipinski definition) is 4. The molecule has 0 aliphatic carbocycles. The maximum Gasteiger partial charge on any atom is 0.232 e. The van der Waals surface area contributed by atoms with E-state index in [9.17, 15) is 16.8 Å². The van der Waals surface area contributed by atoms with Crippen molar-refractivity contribution in [2.45, 2.75) is 6.92 Å². The number of anilines is 1. The third kappa shape index (κ3) is 5.28. The average molecular weight is 341 g/mol. The SMILES string of the molecule is Cc1cc(Cl)ccc1N(CCNS(C)(=O)=O)S(C)(=O)=O. The average Bonchev–Trinajstić information content (AvgIpc) is 2.22. The van der Waals surface area contributed by atoms with Crippen molar-refractivity contribution in [3.63, 3.8) is 0 Å². The molecule has 1 aromatic carbocycles. The Balaban J connectivity index is 3.02. The van der Waals surface area contributed by atoms with E-state index in [0.717, 1.165) is 16.8 Å². The normalized spacial score (nSPS) is 12.4. The summed E-state index contributed by atoms with van der Waals surface area (Å²) in [7, 11) is -6.87. The molecule has 0 fully saturated rings. The van der Waals surface area contributed by atoms with Crippen molar-refractivity contribution in [1.82, 2.24) is 4.72 Å². The quantitative estimate of drug-likeness (QED) is 0.836. The van der Waals surface area contributed by atoms with Crippen LogP contribution in [0.15, 0.2) is 18.2 Å². The third-order valence-corrected chi connectivity index (χ3v) is 4.65. The van der Waals surface area contributed by atoms with Crippen molar-refractivity contribution in [3.8, 4) is 0 Å². The van der Waals surface area contributed by atoms with Crippen molar-refractivity contribution >= 4 is 37.3 Å². The van der Waals surface area contributed by atoms with Crippen molar-refractivity contribution in [1.29, 1.82) is 0 Å². The highest BCUT2D eigenvalue weighted by Gasteiger charge is 2.19. The van der Waals surface area contributed by atoms with Crippen LogP contribution in [-0.2, 0) is 20.0 Å². The van der Waals surface area contributed by atoms with E-state index in [2.05, 4.69) is 4.72 Å². The van der Waals surface area contributed by atoms with E-state index in [0.29, 0.717) is 16.3 Å². The highest BCUT2D eigenvalue weighted by Crippen LogP contribution is 2.25. The van der Waals surface area contributed by atoms with Crippen LogP contribution in [0.5, 0.6) is 0 Å². The monoisotopic (exact) mass is 340 g/mol. The highest BCUT2D eigenvalue weighted by atomic mass is 35.5. The minimum Gasteiger partial charge on any atom is -0.269 e. The zero-order valence-corrected chi connectivity index (χ0v) is 13.8. The maximum absolute atomic E-state index is 11.8. The minimum absolute atomic E-state index is 0.00598. The van der Waals surface area contributed by atoms with Gasteiger partial charge >= 0.3 is 0 Å². The van der Waals surface area contributed by atoms with Crippen molar-refractivity contribution < 1.29 is 16.8 Å². The fraction of sp³-hybridized carbons (Fsp3) is 0.455. The van der Waals surface area contributed by atoms with Gasteiger partial charge in [-0.3, -0.25) is 4.31 Å². The van der Waals surface area contributed by atoms with Crippen molar-refractivity contribution in [3.05, 3.63) is 28.8 Å². The van der Waals surface area contributed by atoms with E-state index in [-0.39, 0.29) is 13.1 Å². The van der Waals surface area contributed by atoms with Gasteiger partial charge in [0, 0.05) is 18.1 Å². The van der Waals surface area contributed by atoms with Crippen LogP contribution in [0.25, 0.3) is 0 Å². The number of aryl methyl sites for hydroxylation is 1. The Morgan fingerprint density at radius 1 is 1.20 bits per heavy atom. The molecule has 0 radical (unpaired) electrons. The van der Waals surface area contributed by atoms with Gasteiger partial charge in [0.15, 0.2) is 0 Å². The highest BCUT2D eigenvalue weighted by molar-refractivity contribution is 7.92. The molecule has 0 saturated carbocycles. The molecule has 0 bridgehead atoms. The molecule has 20 heavy (non-hydrogen) atoms. The Morgan fingerprint density at radius 3 is 2.25 bits per heavy atom. The van der Waals surface area contributed by atoms with E-state index in [1.165, 1.54) is 0 Å². The molecule has 0 aromatic heterocycles. The molecule has 114 valence electrons. The van der Waals surface area contributed by atoms with Gasteiger partial charge in [0.2, 0.25) is 20.0 Å². The molecule has 0 heterocycles. The van der Waals surface area contributed by atoms with Crippen LogP contribution in [0.4, 0.5) is 5.69 Å². The second-order valence-corrected chi connectivity index (χ2v) is 8.61. The fourth-order valence-corrected chi connectivity index (χ4v) is 3.37. The van der Waals surface area contributed by atoms with Gasteiger partial charge in [0.1, 0.15) is 0 Å². The van der Waals surface area contributed by atoms with E-state index >= 15 is 0 Å². The maximum atomic E-state index is 11.8. The van der Waals surface area contributed by atoms with Crippen molar-refractivity contribution in [2.24, 2.45) is 0 Å². The summed E-state index contributed by atoms with van der Waals surface area (Å²) in [5, 5.41) is 0.508. The molecule has 0 spiro atoms. The zero-order valence-electron chi connectivity index (χ0n) is 11.4. The molecule has 6 nitrogen and oxygen atoms in total. The Morgan fingerprint density at radius 2 is 1.80 bits per heavy atom. The molecular formula is C11H17ClN2O4S2. The van der Waals surface area contributed by atoms with Crippen LogP contribution in [0.2, 0.25) is 5.02 Å². The van der Waals surface area contributed by atoms with E-state index in [4.69, 9.17) is 11.6 Å². The number of benzene rings is 1. The van der Waals surface area contributed by atoms with Gasteiger partial charge in [0.05, 0.1) is 18.2 Å². The van der Waals surface area contributed by atoms with Crippen LogP contribution >= 0.6 is 11.6 Å². The lowest BCUT2D eigenvalue weighted by Crippen LogP contribution is -2.38. The molecule has 0 atom stereocenters. The van der Waals surface area contributed by atoms with Crippen LogP contribution in [-0.4, -0.2) is 42.4 Å². The molecular weight excluding hydrogens is 324 g/mol. The van der Waals surface area contributed by atoms with Crippen LogP contribution in [0, 0.1) is 6.92 Å².